The molecular formula is C11H20N2O3S. The van der Waals surface area contributed by atoms with E-state index in [9.17, 15) is 8.42 Å². The van der Waals surface area contributed by atoms with Gasteiger partial charge in [0.2, 0.25) is 10.0 Å². The van der Waals surface area contributed by atoms with Crippen molar-refractivity contribution >= 4 is 10.0 Å². The number of rotatable bonds is 4. The van der Waals surface area contributed by atoms with E-state index in [1.54, 1.807) is 0 Å². The lowest BCUT2D eigenvalue weighted by Crippen LogP contribution is -2.69. The maximum Gasteiger partial charge on any atom is 0.214 e. The van der Waals surface area contributed by atoms with Gasteiger partial charge in [0.25, 0.3) is 0 Å². The highest BCUT2D eigenvalue weighted by Crippen LogP contribution is 2.42. The second kappa shape index (κ2) is 3.91. The summed E-state index contributed by atoms with van der Waals surface area (Å²) in [6.45, 7) is 0.765. The molecular weight excluding hydrogens is 240 g/mol. The fraction of sp³-hybridized carbons (Fsp3) is 1.00. The quantitative estimate of drug-likeness (QED) is 0.759. The summed E-state index contributed by atoms with van der Waals surface area (Å²) in [6, 6.07) is 0.235. The van der Waals surface area contributed by atoms with Crippen LogP contribution in [0.25, 0.3) is 0 Å². The molecule has 0 aromatic rings. The molecule has 1 saturated heterocycles. The van der Waals surface area contributed by atoms with E-state index in [1.807, 2.05) is 14.1 Å². The molecule has 17 heavy (non-hydrogen) atoms. The summed E-state index contributed by atoms with van der Waals surface area (Å²) in [5, 5.41) is -0.133. The number of ether oxygens (including phenoxy) is 1. The molecule has 1 heterocycles. The number of hydrogen-bond donors (Lipinski definition) is 1. The lowest BCUT2D eigenvalue weighted by atomic mass is 9.71. The van der Waals surface area contributed by atoms with Gasteiger partial charge in [-0.25, -0.2) is 13.1 Å². The summed E-state index contributed by atoms with van der Waals surface area (Å²) in [5.74, 6) is 0.371. The molecule has 0 amide bonds. The highest BCUT2D eigenvalue weighted by atomic mass is 32.2. The second-order valence-electron chi connectivity index (χ2n) is 5.63. The van der Waals surface area contributed by atoms with Gasteiger partial charge in [-0.1, -0.05) is 0 Å². The molecule has 3 rings (SSSR count). The van der Waals surface area contributed by atoms with E-state index >= 15 is 0 Å². The van der Waals surface area contributed by atoms with E-state index < -0.39 is 10.0 Å². The van der Waals surface area contributed by atoms with Gasteiger partial charge in [-0.3, -0.25) is 0 Å². The minimum absolute atomic E-state index is 0.0445. The van der Waals surface area contributed by atoms with E-state index in [2.05, 4.69) is 9.62 Å². The van der Waals surface area contributed by atoms with Crippen LogP contribution in [0.2, 0.25) is 0 Å². The Labute approximate surface area is 103 Å². The Morgan fingerprint density at radius 2 is 1.94 bits per heavy atom. The fourth-order valence-corrected chi connectivity index (χ4v) is 4.76. The molecule has 3 aliphatic rings. The lowest BCUT2D eigenvalue weighted by Gasteiger charge is -2.50. The SMILES string of the molecule is CN(C)[C@@H]1[C@@H](NS(=O)(=O)C2CC2)[C@H]2CCO[C@H]21. The number of nitrogens with one attached hydrogen (secondary N) is 1. The molecule has 0 unspecified atom stereocenters. The molecule has 3 fully saturated rings. The maximum atomic E-state index is 12.0. The van der Waals surface area contributed by atoms with E-state index in [1.165, 1.54) is 0 Å². The number of fused-ring (bicyclic) bond motifs is 1. The molecule has 0 aromatic carbocycles. The van der Waals surface area contributed by atoms with E-state index in [0.29, 0.717) is 5.92 Å². The minimum atomic E-state index is -3.08. The van der Waals surface area contributed by atoms with Crippen LogP contribution in [0.1, 0.15) is 19.3 Å². The first-order chi connectivity index (χ1) is 8.00. The van der Waals surface area contributed by atoms with Gasteiger partial charge in [0, 0.05) is 18.6 Å². The zero-order valence-electron chi connectivity index (χ0n) is 10.3. The zero-order chi connectivity index (χ0) is 12.2. The van der Waals surface area contributed by atoms with Gasteiger partial charge in [-0.2, -0.15) is 0 Å². The van der Waals surface area contributed by atoms with Gasteiger partial charge in [0.15, 0.2) is 0 Å². The molecule has 1 N–H and O–H groups in total. The van der Waals surface area contributed by atoms with Crippen LogP contribution in [0.3, 0.4) is 0 Å². The molecule has 0 radical (unpaired) electrons. The summed E-state index contributed by atoms with van der Waals surface area (Å²) in [6.07, 6.45) is 2.84. The van der Waals surface area contributed by atoms with Gasteiger partial charge >= 0.3 is 0 Å². The average molecular weight is 260 g/mol. The molecule has 2 saturated carbocycles. The van der Waals surface area contributed by atoms with Crippen LogP contribution in [0.5, 0.6) is 0 Å². The average Bonchev–Trinajstić information content (AvgIpc) is 2.99. The van der Waals surface area contributed by atoms with Gasteiger partial charge in [-0.15, -0.1) is 0 Å². The summed E-state index contributed by atoms with van der Waals surface area (Å²) in [7, 11) is 0.890. The first-order valence-corrected chi connectivity index (χ1v) is 7.84. The summed E-state index contributed by atoms with van der Waals surface area (Å²) in [4.78, 5) is 2.08. The van der Waals surface area contributed by atoms with Crippen molar-refractivity contribution in [2.75, 3.05) is 20.7 Å². The zero-order valence-corrected chi connectivity index (χ0v) is 11.1. The standard InChI is InChI=1S/C11H20N2O3S/c1-13(2)10-9(8-5-6-16-11(8)10)12-17(14,15)7-3-4-7/h7-12H,3-6H2,1-2H3/t8-,9+,10-,11-/m1/s1. The molecule has 0 bridgehead atoms. The number of likely N-dealkylation sites (N-methyl/N-ethyl adjacent to an activating group) is 1. The van der Waals surface area contributed by atoms with Crippen molar-refractivity contribution in [3.8, 4) is 0 Å². The highest BCUT2D eigenvalue weighted by molar-refractivity contribution is 7.90. The lowest BCUT2D eigenvalue weighted by molar-refractivity contribution is -0.0626. The number of nitrogens with zero attached hydrogens (tertiary/aromatic N) is 1. The van der Waals surface area contributed by atoms with Crippen molar-refractivity contribution in [3.05, 3.63) is 0 Å². The van der Waals surface area contributed by atoms with Gasteiger partial charge in [0.05, 0.1) is 17.4 Å². The highest BCUT2D eigenvalue weighted by Gasteiger charge is 2.56. The van der Waals surface area contributed by atoms with Crippen molar-refractivity contribution in [2.24, 2.45) is 5.92 Å². The Morgan fingerprint density at radius 3 is 2.53 bits per heavy atom. The molecule has 0 spiro atoms. The molecule has 98 valence electrons. The first kappa shape index (κ1) is 11.9. The molecule has 5 nitrogen and oxygen atoms in total. The Morgan fingerprint density at radius 1 is 1.24 bits per heavy atom. The third-order valence-electron chi connectivity index (χ3n) is 4.21. The predicted octanol–water partition coefficient (Wildman–Crippen LogP) is -0.214. The van der Waals surface area contributed by atoms with Crippen LogP contribution >= 0.6 is 0 Å². The number of hydrogen-bond acceptors (Lipinski definition) is 4. The summed E-state index contributed by atoms with van der Waals surface area (Å²) in [5.41, 5.74) is 0. The predicted molar refractivity (Wildman–Crippen MR) is 64.2 cm³/mol. The third kappa shape index (κ3) is 1.91. The Hall–Kier alpha value is -0.170. The van der Waals surface area contributed by atoms with Crippen molar-refractivity contribution in [3.63, 3.8) is 0 Å². The van der Waals surface area contributed by atoms with Crippen LogP contribution in [-0.2, 0) is 14.8 Å². The van der Waals surface area contributed by atoms with E-state index in [-0.39, 0.29) is 23.4 Å². The molecule has 0 aromatic heterocycles. The van der Waals surface area contributed by atoms with Crippen LogP contribution in [0, 0.1) is 5.92 Å². The number of sulfonamides is 1. The first-order valence-electron chi connectivity index (χ1n) is 6.30. The van der Waals surface area contributed by atoms with Crippen molar-refractivity contribution < 1.29 is 13.2 Å². The normalized spacial score (nSPS) is 41.4. The second-order valence-corrected chi connectivity index (χ2v) is 7.62. The van der Waals surface area contributed by atoms with Crippen LogP contribution in [-0.4, -0.2) is 57.5 Å². The smallest absolute Gasteiger partial charge is 0.214 e. The molecule has 1 aliphatic heterocycles. The van der Waals surface area contributed by atoms with Gasteiger partial charge in [-0.05, 0) is 33.4 Å². The largest absolute Gasteiger partial charge is 0.376 e. The fourth-order valence-electron chi connectivity index (χ4n) is 3.11. The van der Waals surface area contributed by atoms with Crippen LogP contribution < -0.4 is 4.72 Å². The van der Waals surface area contributed by atoms with Crippen LogP contribution in [0.4, 0.5) is 0 Å². The van der Waals surface area contributed by atoms with Crippen molar-refractivity contribution in [1.29, 1.82) is 0 Å². The monoisotopic (exact) mass is 260 g/mol. The van der Waals surface area contributed by atoms with Gasteiger partial charge < -0.3 is 9.64 Å². The Bertz CT molecular complexity index is 405. The topological polar surface area (TPSA) is 58.6 Å². The molecule has 6 heteroatoms. The Kier molecular flexibility index (Phi) is 2.74. The maximum absolute atomic E-state index is 12.0. The van der Waals surface area contributed by atoms with Crippen molar-refractivity contribution in [1.82, 2.24) is 9.62 Å². The van der Waals surface area contributed by atoms with Gasteiger partial charge in [0.1, 0.15) is 0 Å². The summed E-state index contributed by atoms with van der Waals surface area (Å²) >= 11 is 0. The van der Waals surface area contributed by atoms with Crippen LogP contribution in [0.15, 0.2) is 0 Å². The summed E-state index contributed by atoms with van der Waals surface area (Å²) < 4.78 is 32.5. The Balaban J connectivity index is 1.73. The minimum Gasteiger partial charge on any atom is -0.376 e. The van der Waals surface area contributed by atoms with Crippen molar-refractivity contribution in [2.45, 2.75) is 42.7 Å². The molecule has 2 aliphatic carbocycles. The molecule has 4 atom stereocenters. The van der Waals surface area contributed by atoms with E-state index in [4.69, 9.17) is 4.74 Å². The van der Waals surface area contributed by atoms with E-state index in [0.717, 1.165) is 25.9 Å². The third-order valence-corrected chi connectivity index (χ3v) is 6.16.